The lowest BCUT2D eigenvalue weighted by molar-refractivity contribution is -0.0388. The zero-order chi connectivity index (χ0) is 12.5. The summed E-state index contributed by atoms with van der Waals surface area (Å²) in [4.78, 5) is 0. The van der Waals surface area contributed by atoms with Crippen LogP contribution in [-0.4, -0.2) is 11.7 Å². The third-order valence-corrected chi connectivity index (χ3v) is 6.65. The molecular formula is C16H26O. The van der Waals surface area contributed by atoms with Crippen LogP contribution in [-0.2, 0) is 0 Å². The first-order chi connectivity index (χ1) is 7.88. The van der Waals surface area contributed by atoms with Crippen molar-refractivity contribution in [3.05, 3.63) is 11.1 Å². The molecule has 2 saturated carbocycles. The van der Waals surface area contributed by atoms with Gasteiger partial charge in [0.25, 0.3) is 0 Å². The van der Waals surface area contributed by atoms with Crippen LogP contribution in [0.15, 0.2) is 11.1 Å². The predicted octanol–water partition coefficient (Wildman–Crippen LogP) is 3.92. The minimum atomic E-state index is 0.286. The Morgan fingerprint density at radius 1 is 1.24 bits per heavy atom. The van der Waals surface area contributed by atoms with Crippen molar-refractivity contribution in [2.45, 2.75) is 59.8 Å². The van der Waals surface area contributed by atoms with E-state index in [0.29, 0.717) is 16.2 Å². The fourth-order valence-corrected chi connectivity index (χ4v) is 5.67. The Labute approximate surface area is 105 Å². The lowest BCUT2D eigenvalue weighted by Gasteiger charge is -2.55. The Hall–Kier alpha value is -0.300. The monoisotopic (exact) mass is 234 g/mol. The Bertz CT molecular complexity index is 392. The third-order valence-electron chi connectivity index (χ3n) is 6.65. The maximum absolute atomic E-state index is 9.57. The molecule has 0 aromatic carbocycles. The van der Waals surface area contributed by atoms with Gasteiger partial charge in [-0.2, -0.15) is 0 Å². The summed E-state index contributed by atoms with van der Waals surface area (Å²) < 4.78 is 0. The van der Waals surface area contributed by atoms with E-state index in [1.807, 2.05) is 0 Å². The summed E-state index contributed by atoms with van der Waals surface area (Å²) in [6.45, 7) is 10.0. The molecule has 0 radical (unpaired) electrons. The average molecular weight is 234 g/mol. The van der Waals surface area contributed by atoms with Gasteiger partial charge in [-0.1, -0.05) is 32.8 Å². The Balaban J connectivity index is 2.09. The van der Waals surface area contributed by atoms with Gasteiger partial charge < -0.3 is 5.11 Å². The maximum atomic E-state index is 9.57. The summed E-state index contributed by atoms with van der Waals surface area (Å²) in [6, 6.07) is 0. The van der Waals surface area contributed by atoms with E-state index in [1.165, 1.54) is 36.8 Å². The lowest BCUT2D eigenvalue weighted by Crippen LogP contribution is -2.47. The van der Waals surface area contributed by atoms with Gasteiger partial charge in [0, 0.05) is 0 Å². The molecule has 0 amide bonds. The van der Waals surface area contributed by atoms with Crippen molar-refractivity contribution in [3.8, 4) is 0 Å². The Morgan fingerprint density at radius 3 is 2.59 bits per heavy atom. The molecule has 3 atom stereocenters. The average Bonchev–Trinajstić information content (AvgIpc) is 3.00. The van der Waals surface area contributed by atoms with Gasteiger partial charge in [0.2, 0.25) is 0 Å². The van der Waals surface area contributed by atoms with Gasteiger partial charge in [0.1, 0.15) is 0 Å². The maximum Gasteiger partial charge on any atom is 0.0644 e. The van der Waals surface area contributed by atoms with Crippen molar-refractivity contribution in [3.63, 3.8) is 0 Å². The summed E-state index contributed by atoms with van der Waals surface area (Å²) in [6.07, 6.45) is 6.65. The topological polar surface area (TPSA) is 20.2 Å². The number of rotatable bonds is 1. The van der Waals surface area contributed by atoms with Crippen molar-refractivity contribution < 1.29 is 5.11 Å². The van der Waals surface area contributed by atoms with Gasteiger partial charge in [0.15, 0.2) is 0 Å². The molecule has 0 saturated heterocycles. The second-order valence-electron chi connectivity index (χ2n) is 7.65. The lowest BCUT2D eigenvalue weighted by atomic mass is 9.49. The molecule has 2 fully saturated rings. The molecule has 3 aliphatic rings. The molecule has 1 spiro atoms. The smallest absolute Gasteiger partial charge is 0.0644 e. The molecule has 3 aliphatic carbocycles. The molecular weight excluding hydrogens is 208 g/mol. The molecule has 0 aromatic heterocycles. The fraction of sp³-hybridized carbons (Fsp3) is 0.875. The summed E-state index contributed by atoms with van der Waals surface area (Å²) in [5, 5.41) is 9.57. The van der Waals surface area contributed by atoms with Crippen LogP contribution in [0.2, 0.25) is 0 Å². The highest BCUT2D eigenvalue weighted by atomic mass is 16.3. The number of hydrogen-bond donors (Lipinski definition) is 1. The minimum absolute atomic E-state index is 0.286. The first-order valence-corrected chi connectivity index (χ1v) is 7.17. The molecule has 0 heterocycles. The van der Waals surface area contributed by atoms with Crippen molar-refractivity contribution >= 4 is 0 Å². The van der Waals surface area contributed by atoms with Gasteiger partial charge in [-0.3, -0.25) is 0 Å². The van der Waals surface area contributed by atoms with Gasteiger partial charge in [0.05, 0.1) is 6.61 Å². The van der Waals surface area contributed by atoms with Crippen LogP contribution in [0.5, 0.6) is 0 Å². The molecule has 3 unspecified atom stereocenters. The highest BCUT2D eigenvalue weighted by Crippen LogP contribution is 2.81. The van der Waals surface area contributed by atoms with E-state index in [2.05, 4.69) is 27.7 Å². The number of hydrogen-bond acceptors (Lipinski definition) is 1. The Kier molecular flexibility index (Phi) is 2.20. The van der Waals surface area contributed by atoms with Crippen LogP contribution < -0.4 is 0 Å². The summed E-state index contributed by atoms with van der Waals surface area (Å²) >= 11 is 0. The highest BCUT2D eigenvalue weighted by molar-refractivity contribution is 5.37. The van der Waals surface area contributed by atoms with Crippen LogP contribution in [0.25, 0.3) is 0 Å². The van der Waals surface area contributed by atoms with Gasteiger partial charge in [-0.15, -0.1) is 0 Å². The number of aliphatic hydroxyl groups is 1. The van der Waals surface area contributed by atoms with Crippen LogP contribution >= 0.6 is 0 Å². The normalized spacial score (nSPS) is 47.5. The first-order valence-electron chi connectivity index (χ1n) is 7.17. The molecule has 96 valence electrons. The Morgan fingerprint density at radius 2 is 1.94 bits per heavy atom. The van der Waals surface area contributed by atoms with E-state index in [-0.39, 0.29) is 6.61 Å². The van der Waals surface area contributed by atoms with Crippen LogP contribution in [0.3, 0.4) is 0 Å². The van der Waals surface area contributed by atoms with Gasteiger partial charge in [-0.25, -0.2) is 0 Å². The number of aliphatic hydroxyl groups excluding tert-OH is 1. The molecule has 3 rings (SSSR count). The second kappa shape index (κ2) is 3.17. The summed E-state index contributed by atoms with van der Waals surface area (Å²) in [5.41, 5.74) is 4.38. The quantitative estimate of drug-likeness (QED) is 0.682. The van der Waals surface area contributed by atoms with E-state index >= 15 is 0 Å². The van der Waals surface area contributed by atoms with Crippen LogP contribution in [0.4, 0.5) is 0 Å². The molecule has 1 nitrogen and oxygen atoms in total. The summed E-state index contributed by atoms with van der Waals surface area (Å²) in [5.74, 6) is 0.777. The van der Waals surface area contributed by atoms with Crippen LogP contribution in [0.1, 0.15) is 59.8 Å². The first kappa shape index (κ1) is 11.8. The standard InChI is InChI=1S/C16H26O/c1-11-12(10-17)8-15(4)7-5-6-14(2,3)16(15)9-13(11)16/h13,17H,5-10H2,1-4H3. The van der Waals surface area contributed by atoms with Crippen molar-refractivity contribution in [1.82, 2.24) is 0 Å². The molecule has 17 heavy (non-hydrogen) atoms. The van der Waals surface area contributed by atoms with Gasteiger partial charge >= 0.3 is 0 Å². The molecule has 1 N–H and O–H groups in total. The fourth-order valence-electron chi connectivity index (χ4n) is 5.67. The van der Waals surface area contributed by atoms with E-state index in [9.17, 15) is 5.11 Å². The molecule has 0 bridgehead atoms. The van der Waals surface area contributed by atoms with E-state index in [1.54, 1.807) is 0 Å². The van der Waals surface area contributed by atoms with E-state index < -0.39 is 0 Å². The largest absolute Gasteiger partial charge is 0.392 e. The van der Waals surface area contributed by atoms with Crippen molar-refractivity contribution in [2.75, 3.05) is 6.61 Å². The van der Waals surface area contributed by atoms with Gasteiger partial charge in [-0.05, 0) is 60.3 Å². The van der Waals surface area contributed by atoms with Crippen LogP contribution in [0, 0.1) is 22.2 Å². The van der Waals surface area contributed by atoms with E-state index in [4.69, 9.17) is 0 Å². The second-order valence-corrected chi connectivity index (χ2v) is 7.65. The number of allylic oxidation sites excluding steroid dienone is 1. The van der Waals surface area contributed by atoms with Crippen molar-refractivity contribution in [1.29, 1.82) is 0 Å². The molecule has 1 heteroatoms. The van der Waals surface area contributed by atoms with Crippen molar-refractivity contribution in [2.24, 2.45) is 22.2 Å². The molecule has 0 aliphatic heterocycles. The zero-order valence-corrected chi connectivity index (χ0v) is 11.8. The summed E-state index contributed by atoms with van der Waals surface area (Å²) in [7, 11) is 0. The minimum Gasteiger partial charge on any atom is -0.392 e. The molecule has 0 aromatic rings. The predicted molar refractivity (Wildman–Crippen MR) is 70.7 cm³/mol. The zero-order valence-electron chi connectivity index (χ0n) is 11.8. The van der Waals surface area contributed by atoms with E-state index in [0.717, 1.165) is 12.3 Å². The third kappa shape index (κ3) is 1.19. The SMILES string of the molecule is CC1=C(CO)CC2(C)CCCC(C)(C)C23CC13. The highest BCUT2D eigenvalue weighted by Gasteiger charge is 2.73.